The molecule has 0 aromatic carbocycles. The van der Waals surface area contributed by atoms with Gasteiger partial charge in [0.15, 0.2) is 5.78 Å². The lowest BCUT2D eigenvalue weighted by molar-refractivity contribution is -0.123. The number of ketones is 1. The average Bonchev–Trinajstić information content (AvgIpc) is 2.51. The molecule has 2 rings (SSSR count). The van der Waals surface area contributed by atoms with Crippen molar-refractivity contribution in [2.24, 2.45) is 40.4 Å². The molecule has 0 bridgehead atoms. The standard InChI is InChI=1S/C24H36O2/c1-17-10-8-14-23(3,4)21(17)19(16-25)12-7-13-20(26)22-18(2)11-9-15-24(22,5)6/h7-11,13,16-19,21-22H,12,14-15H2,1-6H3. The second-order valence-corrected chi connectivity index (χ2v) is 9.80. The molecule has 0 aliphatic heterocycles. The average molecular weight is 357 g/mol. The molecule has 2 aliphatic rings. The van der Waals surface area contributed by atoms with Crippen LogP contribution < -0.4 is 0 Å². The lowest BCUT2D eigenvalue weighted by Gasteiger charge is -2.42. The summed E-state index contributed by atoms with van der Waals surface area (Å²) in [5.74, 6) is 1.16. The number of hydrogen-bond acceptors (Lipinski definition) is 2. The molecule has 0 radical (unpaired) electrons. The third kappa shape index (κ3) is 4.45. The van der Waals surface area contributed by atoms with Gasteiger partial charge >= 0.3 is 0 Å². The van der Waals surface area contributed by atoms with Crippen molar-refractivity contribution in [1.82, 2.24) is 0 Å². The lowest BCUT2D eigenvalue weighted by Crippen LogP contribution is -2.37. The van der Waals surface area contributed by atoms with Crippen LogP contribution in [0.4, 0.5) is 0 Å². The van der Waals surface area contributed by atoms with Gasteiger partial charge in [-0.1, -0.05) is 71.9 Å². The topological polar surface area (TPSA) is 34.1 Å². The van der Waals surface area contributed by atoms with E-state index in [0.717, 1.165) is 19.1 Å². The first-order valence-corrected chi connectivity index (χ1v) is 10.1. The van der Waals surface area contributed by atoms with Crippen molar-refractivity contribution < 1.29 is 9.59 Å². The van der Waals surface area contributed by atoms with Crippen LogP contribution in [-0.4, -0.2) is 12.1 Å². The lowest BCUT2D eigenvalue weighted by atomic mass is 9.61. The van der Waals surface area contributed by atoms with Gasteiger partial charge in [0, 0.05) is 11.8 Å². The van der Waals surface area contributed by atoms with Crippen LogP contribution in [0.25, 0.3) is 0 Å². The summed E-state index contributed by atoms with van der Waals surface area (Å²) in [7, 11) is 0. The van der Waals surface area contributed by atoms with Gasteiger partial charge in [0.05, 0.1) is 0 Å². The van der Waals surface area contributed by atoms with Gasteiger partial charge in [-0.2, -0.15) is 0 Å². The molecule has 0 fully saturated rings. The second-order valence-electron chi connectivity index (χ2n) is 9.80. The quantitative estimate of drug-likeness (QED) is 0.343. The Morgan fingerprint density at radius 3 is 2.15 bits per heavy atom. The van der Waals surface area contributed by atoms with E-state index in [4.69, 9.17) is 0 Å². The summed E-state index contributed by atoms with van der Waals surface area (Å²) in [5, 5.41) is 0. The number of rotatable bonds is 6. The Labute approximate surface area is 159 Å². The predicted molar refractivity (Wildman–Crippen MR) is 109 cm³/mol. The molecule has 0 saturated carbocycles. The third-order valence-corrected chi connectivity index (χ3v) is 6.64. The highest BCUT2D eigenvalue weighted by Crippen LogP contribution is 2.45. The molecule has 2 aliphatic carbocycles. The fourth-order valence-corrected chi connectivity index (χ4v) is 5.44. The Kier molecular flexibility index (Phi) is 6.47. The van der Waals surface area contributed by atoms with Crippen LogP contribution in [0.5, 0.6) is 0 Å². The zero-order valence-corrected chi connectivity index (χ0v) is 17.4. The fraction of sp³-hybridized carbons (Fsp3) is 0.667. The van der Waals surface area contributed by atoms with E-state index < -0.39 is 0 Å². The maximum absolute atomic E-state index is 12.8. The molecular weight excluding hydrogens is 320 g/mol. The maximum atomic E-state index is 12.8. The van der Waals surface area contributed by atoms with Crippen molar-refractivity contribution in [1.29, 1.82) is 0 Å². The van der Waals surface area contributed by atoms with Gasteiger partial charge in [-0.15, -0.1) is 0 Å². The van der Waals surface area contributed by atoms with Crippen molar-refractivity contribution in [2.45, 2.75) is 60.8 Å². The van der Waals surface area contributed by atoms with Crippen molar-refractivity contribution in [3.63, 3.8) is 0 Å². The smallest absolute Gasteiger partial charge is 0.159 e. The first-order valence-electron chi connectivity index (χ1n) is 10.1. The van der Waals surface area contributed by atoms with Gasteiger partial charge in [-0.25, -0.2) is 0 Å². The molecule has 2 heteroatoms. The number of carbonyl (C=O) groups excluding carboxylic acids is 2. The normalized spacial score (nSPS) is 33.9. The highest BCUT2D eigenvalue weighted by atomic mass is 16.1. The summed E-state index contributed by atoms with van der Waals surface area (Å²) < 4.78 is 0. The molecule has 0 N–H and O–H groups in total. The minimum absolute atomic E-state index is 0.00960. The summed E-state index contributed by atoms with van der Waals surface area (Å²) in [6.07, 6.45) is 16.2. The van der Waals surface area contributed by atoms with Crippen molar-refractivity contribution in [3.8, 4) is 0 Å². The summed E-state index contributed by atoms with van der Waals surface area (Å²) in [4.78, 5) is 24.7. The Hall–Kier alpha value is -1.44. The van der Waals surface area contributed by atoms with Crippen molar-refractivity contribution >= 4 is 12.1 Å². The van der Waals surface area contributed by atoms with Crippen molar-refractivity contribution in [3.05, 3.63) is 36.5 Å². The van der Waals surface area contributed by atoms with Gasteiger partial charge in [-0.3, -0.25) is 4.79 Å². The van der Waals surface area contributed by atoms with Crippen LogP contribution in [0.2, 0.25) is 0 Å². The molecule has 0 spiro atoms. The van der Waals surface area contributed by atoms with Gasteiger partial charge in [-0.05, 0) is 53.9 Å². The van der Waals surface area contributed by atoms with Crippen molar-refractivity contribution in [2.75, 3.05) is 0 Å². The molecule has 144 valence electrons. The molecule has 5 unspecified atom stereocenters. The summed E-state index contributed by atoms with van der Waals surface area (Å²) in [6.45, 7) is 13.2. The van der Waals surface area contributed by atoms with E-state index in [2.05, 4.69) is 65.8 Å². The highest BCUT2D eigenvalue weighted by molar-refractivity contribution is 5.92. The fourth-order valence-electron chi connectivity index (χ4n) is 5.44. The summed E-state index contributed by atoms with van der Waals surface area (Å²) >= 11 is 0. The van der Waals surface area contributed by atoms with E-state index >= 15 is 0 Å². The molecule has 2 nitrogen and oxygen atoms in total. The van der Waals surface area contributed by atoms with Gasteiger partial charge in [0.1, 0.15) is 6.29 Å². The van der Waals surface area contributed by atoms with E-state index in [1.165, 1.54) is 0 Å². The molecule has 26 heavy (non-hydrogen) atoms. The minimum Gasteiger partial charge on any atom is -0.303 e. The first kappa shape index (κ1) is 20.9. The summed E-state index contributed by atoms with van der Waals surface area (Å²) in [5.41, 5.74) is 0.104. The Morgan fingerprint density at radius 2 is 1.62 bits per heavy atom. The zero-order chi connectivity index (χ0) is 19.5. The first-order chi connectivity index (χ1) is 12.1. The van der Waals surface area contributed by atoms with E-state index in [0.29, 0.717) is 18.3 Å². The van der Waals surface area contributed by atoms with Gasteiger partial charge in [0.2, 0.25) is 0 Å². The molecule has 0 saturated heterocycles. The molecular formula is C24H36O2. The number of carbonyl (C=O) groups is 2. The van der Waals surface area contributed by atoms with Crippen LogP contribution in [0, 0.1) is 40.4 Å². The zero-order valence-electron chi connectivity index (χ0n) is 17.4. The monoisotopic (exact) mass is 356 g/mol. The van der Waals surface area contributed by atoms with Crippen LogP contribution in [-0.2, 0) is 9.59 Å². The van der Waals surface area contributed by atoms with Crippen LogP contribution in [0.15, 0.2) is 36.5 Å². The third-order valence-electron chi connectivity index (χ3n) is 6.64. The minimum atomic E-state index is -0.0364. The Bertz CT molecular complexity index is 606. The van der Waals surface area contributed by atoms with Crippen LogP contribution in [0.3, 0.4) is 0 Å². The molecule has 0 heterocycles. The molecule has 5 atom stereocenters. The predicted octanol–water partition coefficient (Wildman–Crippen LogP) is 5.79. The highest BCUT2D eigenvalue weighted by Gasteiger charge is 2.40. The van der Waals surface area contributed by atoms with E-state index in [1.807, 2.05) is 6.08 Å². The second kappa shape index (κ2) is 8.06. The Morgan fingerprint density at radius 1 is 1.04 bits per heavy atom. The molecule has 0 amide bonds. The van der Waals surface area contributed by atoms with E-state index in [1.54, 1.807) is 6.08 Å². The van der Waals surface area contributed by atoms with Crippen LogP contribution >= 0.6 is 0 Å². The number of hydrogen-bond donors (Lipinski definition) is 0. The van der Waals surface area contributed by atoms with Gasteiger partial charge < -0.3 is 4.79 Å². The number of aldehydes is 1. The largest absolute Gasteiger partial charge is 0.303 e. The van der Waals surface area contributed by atoms with Crippen LogP contribution in [0.1, 0.15) is 60.8 Å². The maximum Gasteiger partial charge on any atom is 0.159 e. The Balaban J connectivity index is 2.08. The number of allylic oxidation sites excluding steroid dienone is 6. The van der Waals surface area contributed by atoms with E-state index in [-0.39, 0.29) is 34.4 Å². The van der Waals surface area contributed by atoms with E-state index in [9.17, 15) is 9.59 Å². The molecule has 0 aromatic heterocycles. The van der Waals surface area contributed by atoms with Gasteiger partial charge in [0.25, 0.3) is 0 Å². The SMILES string of the molecule is CC1C=CCC(C)(C)C1C(=O)C=CCC(C=O)C1C(C)C=CCC1(C)C. The molecule has 0 aromatic rings. The summed E-state index contributed by atoms with van der Waals surface area (Å²) in [6, 6.07) is 0.